The third kappa shape index (κ3) is 6.16. The summed E-state index contributed by atoms with van der Waals surface area (Å²) in [4.78, 5) is 21.8. The van der Waals surface area contributed by atoms with Gasteiger partial charge in [-0.15, -0.1) is 0 Å². The first kappa shape index (κ1) is 16.6. The fourth-order valence-corrected chi connectivity index (χ4v) is 1.02. The summed E-state index contributed by atoms with van der Waals surface area (Å²) in [5, 5.41) is 18.3. The van der Waals surface area contributed by atoms with Crippen molar-refractivity contribution >= 4 is 37.2 Å². The lowest BCUT2D eigenvalue weighted by atomic mass is 9.92. The van der Waals surface area contributed by atoms with Crippen LogP contribution in [0.25, 0.3) is 0 Å². The van der Waals surface area contributed by atoms with Crippen LogP contribution in [0.4, 0.5) is 0 Å². The van der Waals surface area contributed by atoms with Crippen LogP contribution in [-0.4, -0.2) is 60.1 Å². The average molecular weight is 284 g/mol. The van der Waals surface area contributed by atoms with Crippen molar-refractivity contribution in [3.8, 4) is 0 Å². The van der Waals surface area contributed by atoms with Crippen molar-refractivity contribution in [3.05, 3.63) is 0 Å². The summed E-state index contributed by atoms with van der Waals surface area (Å²) in [7, 11) is 0. The van der Waals surface area contributed by atoms with Gasteiger partial charge in [-0.25, -0.2) is 0 Å². The van der Waals surface area contributed by atoms with Crippen molar-refractivity contribution in [2.45, 2.75) is 0 Å². The molecule has 0 aliphatic rings. The number of rotatable bonds is 8. The van der Waals surface area contributed by atoms with Gasteiger partial charge in [0.05, 0.1) is 30.1 Å². The molecular weight excluding hydrogens is 268 g/mol. The van der Waals surface area contributed by atoms with Gasteiger partial charge in [0.15, 0.2) is 0 Å². The molecule has 0 aromatic heterocycles. The Morgan fingerprint density at radius 1 is 0.941 bits per heavy atom. The minimum absolute atomic E-state index is 0.108. The summed E-state index contributed by atoms with van der Waals surface area (Å²) >= 11 is 7.42. The quantitative estimate of drug-likeness (QED) is 0.334. The molecule has 0 aliphatic carbocycles. The Kier molecular flexibility index (Phi) is 8.40. The number of thiol groups is 2. The molecule has 6 nitrogen and oxygen atoms in total. The summed E-state index contributed by atoms with van der Waals surface area (Å²) in [5.74, 6) is -1.38. The summed E-state index contributed by atoms with van der Waals surface area (Å²) in [6.07, 6.45) is 0. The van der Waals surface area contributed by atoms with Crippen LogP contribution < -0.4 is 0 Å². The first-order valence-corrected chi connectivity index (χ1v) is 6.04. The van der Waals surface area contributed by atoms with Crippen LogP contribution in [0.15, 0.2) is 0 Å². The molecule has 0 rings (SSSR count). The van der Waals surface area contributed by atoms with Crippen molar-refractivity contribution in [1.82, 2.24) is 0 Å². The zero-order chi connectivity index (χ0) is 13.3. The Morgan fingerprint density at radius 2 is 1.29 bits per heavy atom. The number of hydrogen-bond acceptors (Lipinski definition) is 8. The molecule has 0 spiro atoms. The molecule has 0 aliphatic heterocycles. The monoisotopic (exact) mass is 284 g/mol. The molecule has 17 heavy (non-hydrogen) atoms. The maximum Gasteiger partial charge on any atom is 0.315 e. The van der Waals surface area contributed by atoms with Crippen LogP contribution in [0.5, 0.6) is 0 Å². The predicted octanol–water partition coefficient (Wildman–Crippen LogP) is -1.10. The number of carbonyl (C=O) groups excluding carboxylic acids is 2. The van der Waals surface area contributed by atoms with Crippen LogP contribution in [0.2, 0.25) is 0 Å². The summed E-state index contributed by atoms with van der Waals surface area (Å²) in [5.41, 5.74) is -1.20. The Morgan fingerprint density at radius 3 is 1.53 bits per heavy atom. The molecular formula is C9H16O6S2. The molecule has 0 unspecified atom stereocenters. The van der Waals surface area contributed by atoms with Crippen LogP contribution in [0, 0.1) is 5.41 Å². The smallest absolute Gasteiger partial charge is 0.315 e. The van der Waals surface area contributed by atoms with E-state index in [1.807, 2.05) is 0 Å². The van der Waals surface area contributed by atoms with Crippen LogP contribution in [0.1, 0.15) is 0 Å². The maximum absolute atomic E-state index is 10.9. The second-order valence-corrected chi connectivity index (χ2v) is 4.09. The SMILES string of the molecule is O=C(CS)OCC(CO)(CO)COC(=O)CS. The molecule has 0 amide bonds. The highest BCUT2D eigenvalue weighted by molar-refractivity contribution is 7.81. The highest BCUT2D eigenvalue weighted by Crippen LogP contribution is 2.17. The van der Waals surface area contributed by atoms with Gasteiger partial charge in [-0.2, -0.15) is 25.3 Å². The van der Waals surface area contributed by atoms with Crippen LogP contribution >= 0.6 is 25.3 Å². The van der Waals surface area contributed by atoms with Crippen molar-refractivity contribution in [3.63, 3.8) is 0 Å². The minimum Gasteiger partial charge on any atom is -0.464 e. The molecule has 0 radical (unpaired) electrons. The van der Waals surface area contributed by atoms with E-state index in [2.05, 4.69) is 25.3 Å². The van der Waals surface area contributed by atoms with E-state index in [9.17, 15) is 9.59 Å². The number of aliphatic hydroxyl groups is 2. The van der Waals surface area contributed by atoms with E-state index in [1.54, 1.807) is 0 Å². The van der Waals surface area contributed by atoms with Gasteiger partial charge in [0.2, 0.25) is 0 Å². The molecule has 0 atom stereocenters. The van der Waals surface area contributed by atoms with Gasteiger partial charge in [0.25, 0.3) is 0 Å². The lowest BCUT2D eigenvalue weighted by molar-refractivity contribution is -0.155. The average Bonchev–Trinajstić information content (AvgIpc) is 2.38. The van der Waals surface area contributed by atoms with Gasteiger partial charge in [-0.1, -0.05) is 0 Å². The molecule has 0 aromatic carbocycles. The number of esters is 2. The highest BCUT2D eigenvalue weighted by atomic mass is 32.1. The Bertz CT molecular complexity index is 232. The number of ether oxygens (including phenoxy) is 2. The third-order valence-corrected chi connectivity index (χ3v) is 2.52. The molecule has 0 heterocycles. The predicted molar refractivity (Wildman–Crippen MR) is 66.2 cm³/mol. The number of aliphatic hydroxyl groups excluding tert-OH is 2. The Hall–Kier alpha value is -0.440. The first-order valence-electron chi connectivity index (χ1n) is 4.78. The first-order chi connectivity index (χ1) is 8.03. The zero-order valence-corrected chi connectivity index (χ0v) is 11.0. The highest BCUT2D eigenvalue weighted by Gasteiger charge is 2.32. The lowest BCUT2D eigenvalue weighted by Crippen LogP contribution is -2.41. The third-order valence-electron chi connectivity index (χ3n) is 2.01. The second kappa shape index (κ2) is 8.62. The van der Waals surface area contributed by atoms with Crippen molar-refractivity contribution in [1.29, 1.82) is 0 Å². The van der Waals surface area contributed by atoms with Crippen molar-refractivity contribution < 1.29 is 29.3 Å². The molecule has 0 saturated carbocycles. The molecule has 0 saturated heterocycles. The normalized spacial score (nSPS) is 11.1. The molecule has 8 heteroatoms. The standard InChI is InChI=1S/C9H16O6S2/c10-3-9(4-11,5-14-7(12)1-16)6-15-8(13)2-17/h10-11,16-17H,1-6H2. The van der Waals surface area contributed by atoms with Gasteiger partial charge < -0.3 is 19.7 Å². The van der Waals surface area contributed by atoms with Gasteiger partial charge in [0.1, 0.15) is 13.2 Å². The second-order valence-electron chi connectivity index (χ2n) is 3.45. The molecule has 0 fully saturated rings. The topological polar surface area (TPSA) is 93.1 Å². The largest absolute Gasteiger partial charge is 0.464 e. The Labute approximate surface area is 110 Å². The van der Waals surface area contributed by atoms with Crippen LogP contribution in [0.3, 0.4) is 0 Å². The van der Waals surface area contributed by atoms with Crippen molar-refractivity contribution in [2.24, 2.45) is 5.41 Å². The maximum atomic E-state index is 10.9. The zero-order valence-electron chi connectivity index (χ0n) is 9.16. The van der Waals surface area contributed by atoms with E-state index < -0.39 is 30.6 Å². The van der Waals surface area contributed by atoms with E-state index >= 15 is 0 Å². The van der Waals surface area contributed by atoms with Gasteiger partial charge in [-0.3, -0.25) is 9.59 Å². The molecule has 0 bridgehead atoms. The molecule has 0 aromatic rings. The van der Waals surface area contributed by atoms with Crippen molar-refractivity contribution in [2.75, 3.05) is 37.9 Å². The van der Waals surface area contributed by atoms with Gasteiger partial charge in [-0.05, 0) is 0 Å². The lowest BCUT2D eigenvalue weighted by Gasteiger charge is -2.28. The van der Waals surface area contributed by atoms with E-state index in [4.69, 9.17) is 19.7 Å². The summed E-state index contributed by atoms with van der Waals surface area (Å²) < 4.78 is 9.52. The van der Waals surface area contributed by atoms with Gasteiger partial charge >= 0.3 is 11.9 Å². The van der Waals surface area contributed by atoms with E-state index in [0.29, 0.717) is 0 Å². The Balaban J connectivity index is 4.34. The minimum atomic E-state index is -1.20. The fourth-order valence-electron chi connectivity index (χ4n) is 0.833. The van der Waals surface area contributed by atoms with E-state index in [0.717, 1.165) is 0 Å². The summed E-state index contributed by atoms with van der Waals surface area (Å²) in [6.45, 7) is -1.47. The van der Waals surface area contributed by atoms with Crippen LogP contribution in [-0.2, 0) is 19.1 Å². The van der Waals surface area contributed by atoms with E-state index in [-0.39, 0.29) is 24.7 Å². The number of carbonyl (C=O) groups is 2. The fraction of sp³-hybridized carbons (Fsp3) is 0.778. The summed E-state index contributed by atoms with van der Waals surface area (Å²) in [6, 6.07) is 0. The molecule has 100 valence electrons. The van der Waals surface area contributed by atoms with E-state index in [1.165, 1.54) is 0 Å². The van der Waals surface area contributed by atoms with Gasteiger partial charge in [0, 0.05) is 0 Å². The molecule has 2 N–H and O–H groups in total. The number of hydrogen-bond donors (Lipinski definition) is 4.